The van der Waals surface area contributed by atoms with E-state index in [1.807, 2.05) is 61.5 Å². The molecule has 10 heteroatoms. The molecule has 5 nitrogen and oxygen atoms in total. The van der Waals surface area contributed by atoms with Crippen LogP contribution in [0.4, 0.5) is 23.2 Å². The third-order valence-corrected chi connectivity index (χ3v) is 7.52. The maximum absolute atomic E-state index is 14.6. The number of hydrogen-bond donors (Lipinski definition) is 1. The number of esters is 1. The smallest absolute Gasteiger partial charge is 0.416 e. The summed E-state index contributed by atoms with van der Waals surface area (Å²) in [6.45, 7) is 2.20. The molecule has 1 fully saturated rings. The van der Waals surface area contributed by atoms with Gasteiger partial charge in [0.15, 0.2) is 0 Å². The number of carbonyl (C=O) groups excluding carboxylic acids is 2. The molecule has 40 heavy (non-hydrogen) atoms. The highest BCUT2D eigenvalue weighted by molar-refractivity contribution is 9.10. The van der Waals surface area contributed by atoms with Crippen LogP contribution < -0.4 is 5.32 Å². The van der Waals surface area contributed by atoms with Gasteiger partial charge in [-0.3, -0.25) is 9.59 Å². The SMILES string of the molecule is CCO[C@@H]1C[C@H](C(=O)Nc2ccc(C(F)(F)F)cc2F)[C@@H](C(=O)OCc2ccccc2)[C@H](c2ccc(Br)cc2)C1. The third kappa shape index (κ3) is 7.28. The predicted octanol–water partition coefficient (Wildman–Crippen LogP) is 7.50. The van der Waals surface area contributed by atoms with Crippen LogP contribution in [0.15, 0.2) is 77.3 Å². The fraction of sp³-hybridized carbons (Fsp3) is 0.333. The van der Waals surface area contributed by atoms with Crippen LogP contribution >= 0.6 is 15.9 Å². The standard InChI is InChI=1S/C30H28BrF4NO4/c1-2-39-22-15-23(19-8-11-21(31)12-9-19)27(29(38)40-17-18-6-4-3-5-7-18)24(16-22)28(37)36-26-13-10-20(14-25(26)32)30(33,34)35/h3-14,22-24,27H,2,15-17H2,1H3,(H,36,37)/t22-,23-,24-,27-/m0/s1. The average molecular weight is 622 g/mol. The number of nitrogens with one attached hydrogen (secondary N) is 1. The molecule has 212 valence electrons. The molecule has 0 bridgehead atoms. The first-order chi connectivity index (χ1) is 19.1. The normalized spacial score (nSPS) is 21.1. The van der Waals surface area contributed by atoms with Crippen molar-refractivity contribution in [1.82, 2.24) is 0 Å². The van der Waals surface area contributed by atoms with Crippen LogP contribution in [-0.4, -0.2) is 24.6 Å². The Morgan fingerprint density at radius 1 is 1.00 bits per heavy atom. The summed E-state index contributed by atoms with van der Waals surface area (Å²) in [7, 11) is 0. The molecule has 0 saturated heterocycles. The number of carbonyl (C=O) groups is 2. The molecular weight excluding hydrogens is 594 g/mol. The van der Waals surface area contributed by atoms with Crippen molar-refractivity contribution in [2.75, 3.05) is 11.9 Å². The van der Waals surface area contributed by atoms with Crippen LogP contribution in [0.25, 0.3) is 0 Å². The van der Waals surface area contributed by atoms with E-state index in [4.69, 9.17) is 9.47 Å². The molecule has 0 heterocycles. The molecule has 1 N–H and O–H groups in total. The molecule has 0 unspecified atom stereocenters. The second-order valence-electron chi connectivity index (χ2n) is 9.61. The molecule has 3 aromatic carbocycles. The van der Waals surface area contributed by atoms with E-state index in [9.17, 15) is 27.2 Å². The Kier molecular flexibility index (Phi) is 9.63. The van der Waals surface area contributed by atoms with Crippen LogP contribution in [0, 0.1) is 17.7 Å². The van der Waals surface area contributed by atoms with Gasteiger partial charge in [-0.05, 0) is 61.2 Å². The molecule has 4 atom stereocenters. The van der Waals surface area contributed by atoms with Crippen molar-refractivity contribution in [2.24, 2.45) is 11.8 Å². The lowest BCUT2D eigenvalue weighted by molar-refractivity contribution is -0.158. The van der Waals surface area contributed by atoms with Gasteiger partial charge in [-0.1, -0.05) is 58.4 Å². The van der Waals surface area contributed by atoms with Crippen LogP contribution in [0.1, 0.15) is 42.4 Å². The number of amides is 1. The first-order valence-corrected chi connectivity index (χ1v) is 13.6. The number of halogens is 5. The van der Waals surface area contributed by atoms with Gasteiger partial charge in [0.2, 0.25) is 5.91 Å². The van der Waals surface area contributed by atoms with Gasteiger partial charge < -0.3 is 14.8 Å². The summed E-state index contributed by atoms with van der Waals surface area (Å²) in [5.74, 6) is -4.93. The summed E-state index contributed by atoms with van der Waals surface area (Å²) in [5, 5.41) is 2.41. The van der Waals surface area contributed by atoms with Crippen LogP contribution in [0.5, 0.6) is 0 Å². The van der Waals surface area contributed by atoms with E-state index in [-0.39, 0.29) is 19.1 Å². The molecule has 1 aliphatic carbocycles. The summed E-state index contributed by atoms with van der Waals surface area (Å²) in [6.07, 6.45) is -4.52. The molecule has 0 aliphatic heterocycles. The number of benzene rings is 3. The number of ether oxygens (including phenoxy) is 2. The summed E-state index contributed by atoms with van der Waals surface area (Å²) in [6, 6.07) is 18.3. The summed E-state index contributed by atoms with van der Waals surface area (Å²) in [4.78, 5) is 27.2. The van der Waals surface area contributed by atoms with Crippen molar-refractivity contribution in [3.05, 3.63) is 99.8 Å². The molecule has 0 aromatic heterocycles. The van der Waals surface area contributed by atoms with Gasteiger partial charge in [-0.15, -0.1) is 0 Å². The Bertz CT molecular complexity index is 1320. The Balaban J connectivity index is 1.66. The average Bonchev–Trinajstić information content (AvgIpc) is 2.93. The highest BCUT2D eigenvalue weighted by Crippen LogP contribution is 2.44. The second kappa shape index (κ2) is 13.0. The Morgan fingerprint density at radius 2 is 1.70 bits per heavy atom. The highest BCUT2D eigenvalue weighted by atomic mass is 79.9. The number of rotatable bonds is 8. The van der Waals surface area contributed by atoms with Crippen molar-refractivity contribution in [3.63, 3.8) is 0 Å². The monoisotopic (exact) mass is 621 g/mol. The minimum atomic E-state index is -4.73. The van der Waals surface area contributed by atoms with Gasteiger partial charge in [-0.2, -0.15) is 13.2 Å². The zero-order valence-electron chi connectivity index (χ0n) is 21.6. The highest BCUT2D eigenvalue weighted by Gasteiger charge is 2.47. The van der Waals surface area contributed by atoms with E-state index in [1.54, 1.807) is 0 Å². The van der Waals surface area contributed by atoms with Gasteiger partial charge in [0.25, 0.3) is 0 Å². The fourth-order valence-corrected chi connectivity index (χ4v) is 5.37. The molecule has 4 rings (SSSR count). The van der Waals surface area contributed by atoms with Crippen LogP contribution in [-0.2, 0) is 31.8 Å². The van der Waals surface area contributed by atoms with Crippen LogP contribution in [0.2, 0.25) is 0 Å². The van der Waals surface area contributed by atoms with Crippen LogP contribution in [0.3, 0.4) is 0 Å². The minimum absolute atomic E-state index is 0.00000857. The topological polar surface area (TPSA) is 64.6 Å². The van der Waals surface area contributed by atoms with Gasteiger partial charge in [0.1, 0.15) is 12.4 Å². The maximum atomic E-state index is 14.6. The second-order valence-corrected chi connectivity index (χ2v) is 10.5. The Morgan fingerprint density at radius 3 is 2.33 bits per heavy atom. The van der Waals surface area contributed by atoms with Crippen molar-refractivity contribution < 1.29 is 36.6 Å². The lowest BCUT2D eigenvalue weighted by Crippen LogP contribution is -2.45. The number of anilines is 1. The van der Waals surface area contributed by atoms with Crippen molar-refractivity contribution in [1.29, 1.82) is 0 Å². The van der Waals surface area contributed by atoms with E-state index < -0.39 is 52.9 Å². The van der Waals surface area contributed by atoms with Gasteiger partial charge in [0, 0.05) is 17.0 Å². The molecular formula is C30H28BrF4NO4. The van der Waals surface area contributed by atoms with E-state index in [2.05, 4.69) is 21.2 Å². The van der Waals surface area contributed by atoms with Gasteiger partial charge in [0.05, 0.1) is 29.2 Å². The number of alkyl halides is 3. The molecule has 1 saturated carbocycles. The van der Waals surface area contributed by atoms with Crippen molar-refractivity contribution in [3.8, 4) is 0 Å². The van der Waals surface area contributed by atoms with E-state index >= 15 is 0 Å². The Hall–Kier alpha value is -3.24. The molecule has 1 amide bonds. The zero-order chi connectivity index (χ0) is 28.9. The molecule has 0 spiro atoms. The van der Waals surface area contributed by atoms with E-state index in [0.717, 1.165) is 21.7 Å². The Labute approximate surface area is 238 Å². The summed E-state index contributed by atoms with van der Waals surface area (Å²) in [5.41, 5.74) is -0.0116. The molecule has 3 aromatic rings. The third-order valence-electron chi connectivity index (χ3n) is 6.99. The maximum Gasteiger partial charge on any atom is 0.416 e. The molecule has 0 radical (unpaired) electrons. The predicted molar refractivity (Wildman–Crippen MR) is 145 cm³/mol. The lowest BCUT2D eigenvalue weighted by Gasteiger charge is -2.40. The summed E-state index contributed by atoms with van der Waals surface area (Å²) >= 11 is 3.41. The van der Waals surface area contributed by atoms with Gasteiger partial charge in [-0.25, -0.2) is 4.39 Å². The van der Waals surface area contributed by atoms with Crippen molar-refractivity contribution >= 4 is 33.5 Å². The minimum Gasteiger partial charge on any atom is -0.461 e. The fourth-order valence-electron chi connectivity index (χ4n) is 5.10. The van der Waals surface area contributed by atoms with E-state index in [1.165, 1.54) is 0 Å². The quantitative estimate of drug-likeness (QED) is 0.209. The summed E-state index contributed by atoms with van der Waals surface area (Å²) < 4.78 is 66.0. The molecule has 1 aliphatic rings. The van der Waals surface area contributed by atoms with Crippen molar-refractivity contribution in [2.45, 2.75) is 44.6 Å². The van der Waals surface area contributed by atoms with E-state index in [0.29, 0.717) is 25.2 Å². The first kappa shape index (κ1) is 29.7. The van der Waals surface area contributed by atoms with Gasteiger partial charge >= 0.3 is 12.1 Å². The number of hydrogen-bond acceptors (Lipinski definition) is 4. The first-order valence-electron chi connectivity index (χ1n) is 12.8. The zero-order valence-corrected chi connectivity index (χ0v) is 23.2. The largest absolute Gasteiger partial charge is 0.461 e. The lowest BCUT2D eigenvalue weighted by atomic mass is 9.67.